The summed E-state index contributed by atoms with van der Waals surface area (Å²) in [7, 11) is 0. The van der Waals surface area contributed by atoms with Gasteiger partial charge in [0, 0.05) is 0 Å². The van der Waals surface area contributed by atoms with Crippen molar-refractivity contribution in [2.75, 3.05) is 13.1 Å². The Morgan fingerprint density at radius 3 is 2.79 bits per heavy atom. The van der Waals surface area contributed by atoms with Gasteiger partial charge in [0.05, 0.1) is 0 Å². The average Bonchev–Trinajstić information content (AvgIpc) is 2.64. The molecule has 2 heteroatoms. The molecule has 106 valence electrons. The second-order valence-corrected chi connectivity index (χ2v) is 5.81. The smallest absolute Gasteiger partial charge is 0.123 e. The summed E-state index contributed by atoms with van der Waals surface area (Å²) in [5.41, 5.74) is 2.49. The van der Waals surface area contributed by atoms with Gasteiger partial charge in [-0.3, -0.25) is 0 Å². The number of aryl methyl sites for hydroxylation is 1. The van der Waals surface area contributed by atoms with Crippen molar-refractivity contribution >= 4 is 0 Å². The van der Waals surface area contributed by atoms with Gasteiger partial charge < -0.3 is 5.32 Å². The SMILES string of the molecule is CCNCC1CCCCCC1c1cc(F)ccc1C. The van der Waals surface area contributed by atoms with E-state index in [2.05, 4.69) is 19.2 Å². The predicted molar refractivity (Wildman–Crippen MR) is 79.0 cm³/mol. The third-order valence-corrected chi connectivity index (χ3v) is 4.46. The van der Waals surface area contributed by atoms with Crippen molar-refractivity contribution in [3.05, 3.63) is 35.1 Å². The predicted octanol–water partition coefficient (Wildman–Crippen LogP) is 4.41. The highest BCUT2D eigenvalue weighted by molar-refractivity contribution is 5.30. The first-order valence-electron chi connectivity index (χ1n) is 7.69. The van der Waals surface area contributed by atoms with Crippen LogP contribution in [-0.2, 0) is 0 Å². The molecule has 1 aliphatic rings. The van der Waals surface area contributed by atoms with Crippen LogP contribution in [0.5, 0.6) is 0 Å². The van der Waals surface area contributed by atoms with Gasteiger partial charge in [-0.15, -0.1) is 0 Å². The van der Waals surface area contributed by atoms with E-state index in [1.165, 1.54) is 43.2 Å². The summed E-state index contributed by atoms with van der Waals surface area (Å²) >= 11 is 0. The molecule has 1 aliphatic carbocycles. The monoisotopic (exact) mass is 263 g/mol. The van der Waals surface area contributed by atoms with Crippen LogP contribution >= 0.6 is 0 Å². The molecule has 2 rings (SSSR count). The van der Waals surface area contributed by atoms with Crippen molar-refractivity contribution in [1.29, 1.82) is 0 Å². The van der Waals surface area contributed by atoms with Crippen molar-refractivity contribution in [3.8, 4) is 0 Å². The van der Waals surface area contributed by atoms with Gasteiger partial charge in [-0.05, 0) is 68.0 Å². The van der Waals surface area contributed by atoms with Crippen molar-refractivity contribution in [2.24, 2.45) is 5.92 Å². The highest BCUT2D eigenvalue weighted by Gasteiger charge is 2.26. The van der Waals surface area contributed by atoms with E-state index < -0.39 is 0 Å². The standard InChI is InChI=1S/C17H26FN/c1-3-19-12-14-7-5-4-6-8-16(14)17-11-15(18)10-9-13(17)2/h9-11,14,16,19H,3-8,12H2,1-2H3. The van der Waals surface area contributed by atoms with Gasteiger partial charge in [0.1, 0.15) is 5.82 Å². The van der Waals surface area contributed by atoms with Crippen LogP contribution < -0.4 is 5.32 Å². The molecule has 0 heterocycles. The summed E-state index contributed by atoms with van der Waals surface area (Å²) in [6.45, 7) is 6.35. The van der Waals surface area contributed by atoms with Crippen LogP contribution in [0, 0.1) is 18.7 Å². The number of benzene rings is 1. The Hall–Kier alpha value is -0.890. The van der Waals surface area contributed by atoms with Crippen molar-refractivity contribution in [2.45, 2.75) is 51.9 Å². The Morgan fingerprint density at radius 2 is 2.00 bits per heavy atom. The van der Waals surface area contributed by atoms with Crippen LogP contribution in [0.15, 0.2) is 18.2 Å². The third-order valence-electron chi connectivity index (χ3n) is 4.46. The van der Waals surface area contributed by atoms with E-state index in [1.54, 1.807) is 12.1 Å². The molecule has 0 bridgehead atoms. The highest BCUT2D eigenvalue weighted by Crippen LogP contribution is 2.37. The lowest BCUT2D eigenvalue weighted by Gasteiger charge is -2.27. The fourth-order valence-electron chi connectivity index (χ4n) is 3.38. The van der Waals surface area contributed by atoms with E-state index in [1.807, 2.05) is 6.07 Å². The molecule has 1 aromatic rings. The van der Waals surface area contributed by atoms with Crippen LogP contribution in [0.4, 0.5) is 4.39 Å². The summed E-state index contributed by atoms with van der Waals surface area (Å²) in [4.78, 5) is 0. The quantitative estimate of drug-likeness (QED) is 0.794. The number of nitrogens with one attached hydrogen (secondary N) is 1. The van der Waals surface area contributed by atoms with Gasteiger partial charge in [-0.2, -0.15) is 0 Å². The third kappa shape index (κ3) is 3.79. The fourth-order valence-corrected chi connectivity index (χ4v) is 3.38. The maximum absolute atomic E-state index is 13.6. The molecule has 0 saturated heterocycles. The molecule has 0 aromatic heterocycles. The van der Waals surface area contributed by atoms with Gasteiger partial charge in [0.25, 0.3) is 0 Å². The maximum Gasteiger partial charge on any atom is 0.123 e. The second kappa shape index (κ2) is 7.04. The molecule has 1 saturated carbocycles. The molecule has 0 radical (unpaired) electrons. The van der Waals surface area contributed by atoms with Gasteiger partial charge in [0.15, 0.2) is 0 Å². The first-order chi connectivity index (χ1) is 9.22. The van der Waals surface area contributed by atoms with Crippen molar-refractivity contribution < 1.29 is 4.39 Å². The number of hydrogen-bond acceptors (Lipinski definition) is 1. The van der Waals surface area contributed by atoms with Gasteiger partial charge >= 0.3 is 0 Å². The van der Waals surface area contributed by atoms with Crippen molar-refractivity contribution in [3.63, 3.8) is 0 Å². The zero-order chi connectivity index (χ0) is 13.7. The largest absolute Gasteiger partial charge is 0.317 e. The molecule has 0 aliphatic heterocycles. The summed E-state index contributed by atoms with van der Waals surface area (Å²) < 4.78 is 13.6. The van der Waals surface area contributed by atoms with E-state index in [0.717, 1.165) is 13.1 Å². The number of rotatable bonds is 4. The molecular weight excluding hydrogens is 237 g/mol. The molecule has 1 fully saturated rings. The molecule has 0 spiro atoms. The molecule has 2 atom stereocenters. The molecule has 19 heavy (non-hydrogen) atoms. The minimum Gasteiger partial charge on any atom is -0.317 e. The van der Waals surface area contributed by atoms with E-state index in [0.29, 0.717) is 11.8 Å². The number of halogens is 1. The maximum atomic E-state index is 13.6. The normalized spacial score (nSPS) is 24.2. The molecule has 1 N–H and O–H groups in total. The molecule has 0 amide bonds. The van der Waals surface area contributed by atoms with Gasteiger partial charge in [-0.1, -0.05) is 32.3 Å². The van der Waals surface area contributed by atoms with E-state index in [4.69, 9.17) is 0 Å². The Kier molecular flexibility index (Phi) is 5.38. The Balaban J connectivity index is 2.23. The lowest BCUT2D eigenvalue weighted by atomic mass is 9.80. The Labute approximate surface area is 116 Å². The van der Waals surface area contributed by atoms with E-state index in [-0.39, 0.29) is 5.82 Å². The Morgan fingerprint density at radius 1 is 1.21 bits per heavy atom. The van der Waals surface area contributed by atoms with Crippen LogP contribution in [0.3, 0.4) is 0 Å². The first kappa shape index (κ1) is 14.5. The van der Waals surface area contributed by atoms with Crippen LogP contribution in [-0.4, -0.2) is 13.1 Å². The average molecular weight is 263 g/mol. The van der Waals surface area contributed by atoms with Gasteiger partial charge in [-0.25, -0.2) is 4.39 Å². The molecular formula is C17H26FN. The van der Waals surface area contributed by atoms with Crippen molar-refractivity contribution in [1.82, 2.24) is 5.32 Å². The molecule has 2 unspecified atom stereocenters. The zero-order valence-electron chi connectivity index (χ0n) is 12.2. The minimum absolute atomic E-state index is 0.0907. The fraction of sp³-hybridized carbons (Fsp3) is 0.647. The molecule has 1 aromatic carbocycles. The second-order valence-electron chi connectivity index (χ2n) is 5.81. The Bertz CT molecular complexity index is 402. The van der Waals surface area contributed by atoms with E-state index >= 15 is 0 Å². The minimum atomic E-state index is -0.0907. The zero-order valence-corrected chi connectivity index (χ0v) is 12.2. The molecule has 1 nitrogen and oxygen atoms in total. The lowest BCUT2D eigenvalue weighted by molar-refractivity contribution is 0.377. The lowest BCUT2D eigenvalue weighted by Crippen LogP contribution is -2.27. The van der Waals surface area contributed by atoms with Crippen LogP contribution in [0.1, 0.15) is 56.1 Å². The summed E-state index contributed by atoms with van der Waals surface area (Å²) in [5.74, 6) is 1.09. The summed E-state index contributed by atoms with van der Waals surface area (Å²) in [5, 5.41) is 3.49. The summed E-state index contributed by atoms with van der Waals surface area (Å²) in [6, 6.07) is 5.28. The topological polar surface area (TPSA) is 12.0 Å². The number of hydrogen-bond donors (Lipinski definition) is 1. The first-order valence-corrected chi connectivity index (χ1v) is 7.69. The van der Waals surface area contributed by atoms with Crippen LogP contribution in [0.2, 0.25) is 0 Å². The van der Waals surface area contributed by atoms with Gasteiger partial charge in [0.2, 0.25) is 0 Å². The van der Waals surface area contributed by atoms with Crippen LogP contribution in [0.25, 0.3) is 0 Å². The van der Waals surface area contributed by atoms with E-state index in [9.17, 15) is 4.39 Å². The summed E-state index contributed by atoms with van der Waals surface area (Å²) in [6.07, 6.45) is 6.41. The highest BCUT2D eigenvalue weighted by atomic mass is 19.1.